The fraction of sp³-hybridized carbons (Fsp3) is 0.190. The fourth-order valence-electron chi connectivity index (χ4n) is 3.35. The van der Waals surface area contributed by atoms with Crippen molar-refractivity contribution >= 4 is 27.6 Å². The van der Waals surface area contributed by atoms with Gasteiger partial charge in [0.1, 0.15) is 5.82 Å². The molecule has 1 atom stereocenters. The molecular formula is C21H17BrFN3O2. The van der Waals surface area contributed by atoms with E-state index in [2.05, 4.69) is 25.9 Å². The van der Waals surface area contributed by atoms with Gasteiger partial charge in [-0.25, -0.2) is 14.4 Å². The summed E-state index contributed by atoms with van der Waals surface area (Å²) in [6, 6.07) is 12.1. The number of ether oxygens (including phenoxy) is 1. The van der Waals surface area contributed by atoms with Gasteiger partial charge in [-0.15, -0.1) is 0 Å². The van der Waals surface area contributed by atoms with Gasteiger partial charge in [-0.1, -0.05) is 28.1 Å². The van der Waals surface area contributed by atoms with Crippen LogP contribution in [0, 0.1) is 19.7 Å². The van der Waals surface area contributed by atoms with Crippen LogP contribution in [0.1, 0.15) is 41.5 Å². The summed E-state index contributed by atoms with van der Waals surface area (Å²) in [6.45, 7) is 5.15. The number of esters is 1. The van der Waals surface area contributed by atoms with Crippen molar-refractivity contribution in [3.63, 3.8) is 0 Å². The van der Waals surface area contributed by atoms with Gasteiger partial charge in [-0.05, 0) is 44.2 Å². The Morgan fingerprint density at radius 3 is 2.64 bits per heavy atom. The molecule has 0 spiro atoms. The lowest BCUT2D eigenvalue weighted by molar-refractivity contribution is -0.146. The van der Waals surface area contributed by atoms with Crippen LogP contribution in [-0.2, 0) is 9.53 Å². The van der Waals surface area contributed by atoms with E-state index >= 15 is 0 Å². The molecule has 0 bridgehead atoms. The summed E-state index contributed by atoms with van der Waals surface area (Å²) in [4.78, 5) is 21.0. The fourth-order valence-corrected chi connectivity index (χ4v) is 3.71. The number of aryl methyl sites for hydroxylation is 1. The summed E-state index contributed by atoms with van der Waals surface area (Å²) in [5, 5.41) is 0. The SMILES string of the molecule is CC(=O)OC1N=C(c2ccccc2F)c2cc(Br)ccc2-n2c1nc(C)c2C. The molecular weight excluding hydrogens is 425 g/mol. The van der Waals surface area contributed by atoms with Gasteiger partial charge < -0.3 is 4.74 Å². The lowest BCUT2D eigenvalue weighted by Gasteiger charge is -2.14. The highest BCUT2D eigenvalue weighted by molar-refractivity contribution is 9.10. The number of fused-ring (bicyclic) bond motifs is 3. The summed E-state index contributed by atoms with van der Waals surface area (Å²) in [5.74, 6) is -0.403. The summed E-state index contributed by atoms with van der Waals surface area (Å²) in [6.07, 6.45) is -0.981. The summed E-state index contributed by atoms with van der Waals surface area (Å²) in [5.41, 5.74) is 3.97. The summed E-state index contributed by atoms with van der Waals surface area (Å²) < 4.78 is 22.9. The van der Waals surface area contributed by atoms with Crippen LogP contribution in [0.15, 0.2) is 51.9 Å². The largest absolute Gasteiger partial charge is 0.432 e. The van der Waals surface area contributed by atoms with E-state index < -0.39 is 18.0 Å². The standard InChI is InChI=1S/C21H17BrFN3O2/c1-11-12(2)26-18-9-8-14(22)10-16(18)19(15-6-4-5-7-17(15)23)25-21(20(26)24-11)28-13(3)27/h4-10,21H,1-3H3. The Labute approximate surface area is 170 Å². The van der Waals surface area contributed by atoms with Gasteiger partial charge in [0.2, 0.25) is 0 Å². The highest BCUT2D eigenvalue weighted by atomic mass is 79.9. The van der Waals surface area contributed by atoms with Crippen molar-refractivity contribution in [1.82, 2.24) is 9.55 Å². The number of imidazole rings is 1. The Kier molecular flexibility index (Phi) is 4.63. The molecule has 0 saturated carbocycles. The minimum atomic E-state index is -0.981. The molecule has 28 heavy (non-hydrogen) atoms. The number of nitrogens with zero attached hydrogens (tertiary/aromatic N) is 3. The third-order valence-electron chi connectivity index (χ3n) is 4.70. The molecule has 2 heterocycles. The van der Waals surface area contributed by atoms with Crippen molar-refractivity contribution in [1.29, 1.82) is 0 Å². The van der Waals surface area contributed by atoms with Gasteiger partial charge in [-0.2, -0.15) is 0 Å². The molecule has 0 amide bonds. The smallest absolute Gasteiger partial charge is 0.304 e. The van der Waals surface area contributed by atoms with E-state index in [9.17, 15) is 9.18 Å². The molecule has 0 radical (unpaired) electrons. The van der Waals surface area contributed by atoms with Gasteiger partial charge in [0.05, 0.1) is 17.1 Å². The van der Waals surface area contributed by atoms with Crippen molar-refractivity contribution < 1.29 is 13.9 Å². The normalized spacial score (nSPS) is 15.3. The lowest BCUT2D eigenvalue weighted by Crippen LogP contribution is -2.12. The Morgan fingerprint density at radius 2 is 1.93 bits per heavy atom. The molecule has 1 aliphatic heterocycles. The van der Waals surface area contributed by atoms with Crippen LogP contribution in [0.25, 0.3) is 5.69 Å². The zero-order valence-electron chi connectivity index (χ0n) is 15.5. The second kappa shape index (κ2) is 6.98. The molecule has 0 saturated heterocycles. The number of aliphatic imine (C=N–C) groups is 1. The van der Waals surface area contributed by atoms with Crippen molar-refractivity contribution in [3.8, 4) is 5.69 Å². The third-order valence-corrected chi connectivity index (χ3v) is 5.19. The first-order valence-electron chi connectivity index (χ1n) is 8.73. The molecule has 2 aromatic carbocycles. The predicted octanol–water partition coefficient (Wildman–Crippen LogP) is 4.80. The molecule has 142 valence electrons. The molecule has 1 aliphatic rings. The molecule has 1 aromatic heterocycles. The van der Waals surface area contributed by atoms with E-state index in [1.54, 1.807) is 18.2 Å². The quantitative estimate of drug-likeness (QED) is 0.536. The van der Waals surface area contributed by atoms with Crippen LogP contribution < -0.4 is 0 Å². The number of hydrogen-bond donors (Lipinski definition) is 0. The van der Waals surface area contributed by atoms with E-state index in [0.29, 0.717) is 17.1 Å². The summed E-state index contributed by atoms with van der Waals surface area (Å²) in [7, 11) is 0. The number of hydrogen-bond acceptors (Lipinski definition) is 4. The van der Waals surface area contributed by atoms with Crippen molar-refractivity contribution in [2.75, 3.05) is 0 Å². The molecule has 5 nitrogen and oxygen atoms in total. The van der Waals surface area contributed by atoms with Crippen molar-refractivity contribution in [3.05, 3.63) is 81.1 Å². The van der Waals surface area contributed by atoms with Crippen LogP contribution in [0.4, 0.5) is 4.39 Å². The maximum absolute atomic E-state index is 14.7. The summed E-state index contributed by atoms with van der Waals surface area (Å²) >= 11 is 3.49. The molecule has 0 aliphatic carbocycles. The Bertz CT molecular complexity index is 1140. The van der Waals surface area contributed by atoms with Crippen molar-refractivity contribution in [2.24, 2.45) is 4.99 Å². The van der Waals surface area contributed by atoms with Crippen LogP contribution in [0.2, 0.25) is 0 Å². The first kappa shape index (κ1) is 18.6. The third kappa shape index (κ3) is 3.05. The van der Waals surface area contributed by atoms with Crippen LogP contribution >= 0.6 is 15.9 Å². The van der Waals surface area contributed by atoms with Gasteiger partial charge in [0.25, 0.3) is 6.23 Å². The Balaban J connectivity index is 2.08. The minimum Gasteiger partial charge on any atom is -0.432 e. The molecule has 0 fully saturated rings. The Morgan fingerprint density at radius 1 is 1.18 bits per heavy atom. The van der Waals surface area contributed by atoms with E-state index in [-0.39, 0.29) is 0 Å². The topological polar surface area (TPSA) is 56.5 Å². The molecule has 0 N–H and O–H groups in total. The van der Waals surface area contributed by atoms with E-state index in [1.165, 1.54) is 13.0 Å². The number of rotatable bonds is 2. The van der Waals surface area contributed by atoms with E-state index in [0.717, 1.165) is 27.1 Å². The average molecular weight is 442 g/mol. The predicted molar refractivity (Wildman–Crippen MR) is 107 cm³/mol. The van der Waals surface area contributed by atoms with Gasteiger partial charge in [0.15, 0.2) is 5.82 Å². The highest BCUT2D eigenvalue weighted by Gasteiger charge is 2.31. The van der Waals surface area contributed by atoms with Crippen LogP contribution in [0.3, 0.4) is 0 Å². The van der Waals surface area contributed by atoms with Crippen LogP contribution in [-0.4, -0.2) is 21.2 Å². The number of carbonyl (C=O) groups excluding carboxylic acids is 1. The van der Waals surface area contributed by atoms with E-state index in [4.69, 9.17) is 4.74 Å². The minimum absolute atomic E-state index is 0.333. The first-order valence-corrected chi connectivity index (χ1v) is 9.52. The number of carbonyl (C=O) groups is 1. The van der Waals surface area contributed by atoms with E-state index in [1.807, 2.05) is 36.6 Å². The number of aromatic nitrogens is 2. The van der Waals surface area contributed by atoms with Crippen molar-refractivity contribution in [2.45, 2.75) is 27.0 Å². The second-order valence-corrected chi connectivity index (χ2v) is 7.47. The highest BCUT2D eigenvalue weighted by Crippen LogP contribution is 2.35. The van der Waals surface area contributed by atoms with Gasteiger partial charge in [-0.3, -0.25) is 9.36 Å². The van der Waals surface area contributed by atoms with Gasteiger partial charge >= 0.3 is 5.97 Å². The van der Waals surface area contributed by atoms with Gasteiger partial charge in [0, 0.05) is 28.2 Å². The number of benzene rings is 2. The maximum Gasteiger partial charge on any atom is 0.304 e. The number of halogens is 2. The Hall–Kier alpha value is -2.80. The lowest BCUT2D eigenvalue weighted by atomic mass is 10.00. The molecule has 4 rings (SSSR count). The molecule has 3 aromatic rings. The second-order valence-electron chi connectivity index (χ2n) is 6.56. The average Bonchev–Trinajstić information content (AvgIpc) is 2.87. The first-order chi connectivity index (χ1) is 13.4. The zero-order chi connectivity index (χ0) is 20.0. The monoisotopic (exact) mass is 441 g/mol. The van der Waals surface area contributed by atoms with Crippen LogP contribution in [0.5, 0.6) is 0 Å². The molecule has 7 heteroatoms. The maximum atomic E-state index is 14.7. The zero-order valence-corrected chi connectivity index (χ0v) is 17.1. The molecule has 1 unspecified atom stereocenters.